The minimum Gasteiger partial charge on any atom is -0.497 e. The lowest BCUT2D eigenvalue weighted by Crippen LogP contribution is -2.32. The highest BCUT2D eigenvalue weighted by molar-refractivity contribution is 5.85. The number of methoxy groups -OCH3 is 1. The van der Waals surface area contributed by atoms with Gasteiger partial charge in [-0.3, -0.25) is 4.90 Å². The lowest BCUT2D eigenvalue weighted by Gasteiger charge is -2.30. The average molecular weight is 402 g/mol. The molecule has 0 radical (unpaired) electrons. The molecule has 0 bridgehead atoms. The third-order valence-electron chi connectivity index (χ3n) is 6.16. The molecule has 2 aromatic heterocycles. The van der Waals surface area contributed by atoms with E-state index in [9.17, 15) is 0 Å². The van der Waals surface area contributed by atoms with Gasteiger partial charge in [-0.15, -0.1) is 0 Å². The second-order valence-corrected chi connectivity index (χ2v) is 8.03. The number of fused-ring (bicyclic) bond motifs is 1. The predicted molar refractivity (Wildman–Crippen MR) is 117 cm³/mol. The zero-order valence-electron chi connectivity index (χ0n) is 17.4. The van der Waals surface area contributed by atoms with Gasteiger partial charge in [-0.2, -0.15) is 4.98 Å². The fraction of sp³-hybridized carbons (Fsp3) is 0.333. The van der Waals surface area contributed by atoms with E-state index >= 15 is 0 Å². The Labute approximate surface area is 175 Å². The molecule has 30 heavy (non-hydrogen) atoms. The van der Waals surface area contributed by atoms with Gasteiger partial charge < -0.3 is 14.2 Å². The van der Waals surface area contributed by atoms with Crippen LogP contribution in [-0.4, -0.2) is 40.2 Å². The highest BCUT2D eigenvalue weighted by Gasteiger charge is 2.24. The summed E-state index contributed by atoms with van der Waals surface area (Å²) >= 11 is 0. The molecule has 1 saturated heterocycles. The molecule has 5 rings (SSSR count). The molecular formula is C24H26N4O2. The molecule has 1 aliphatic heterocycles. The number of H-pyrrole nitrogens is 1. The van der Waals surface area contributed by atoms with Gasteiger partial charge in [0.15, 0.2) is 0 Å². The van der Waals surface area contributed by atoms with Crippen LogP contribution in [0.4, 0.5) is 0 Å². The SMILES string of the molecule is COc1ccc2[nH]cc(C3CCN(Cc4nc(-c5ccccc5C)no4)CC3)c2c1. The fourth-order valence-electron chi connectivity index (χ4n) is 4.43. The smallest absolute Gasteiger partial charge is 0.241 e. The summed E-state index contributed by atoms with van der Waals surface area (Å²) in [6, 6.07) is 14.4. The lowest BCUT2D eigenvalue weighted by atomic mass is 9.89. The number of piperidine rings is 1. The van der Waals surface area contributed by atoms with E-state index in [4.69, 9.17) is 9.26 Å². The molecular weight excluding hydrogens is 376 g/mol. The summed E-state index contributed by atoms with van der Waals surface area (Å²) in [4.78, 5) is 10.4. The van der Waals surface area contributed by atoms with Gasteiger partial charge >= 0.3 is 0 Å². The molecule has 0 atom stereocenters. The number of hydrogen-bond acceptors (Lipinski definition) is 5. The number of aromatic nitrogens is 3. The van der Waals surface area contributed by atoms with Crippen molar-refractivity contribution in [3.8, 4) is 17.1 Å². The number of nitrogens with one attached hydrogen (secondary N) is 1. The first kappa shape index (κ1) is 18.9. The van der Waals surface area contributed by atoms with Crippen molar-refractivity contribution in [2.75, 3.05) is 20.2 Å². The zero-order valence-corrected chi connectivity index (χ0v) is 17.4. The van der Waals surface area contributed by atoms with E-state index < -0.39 is 0 Å². The highest BCUT2D eigenvalue weighted by Crippen LogP contribution is 2.35. The Morgan fingerprint density at radius 2 is 2.00 bits per heavy atom. The molecule has 6 nitrogen and oxygen atoms in total. The molecule has 2 aromatic carbocycles. The predicted octanol–water partition coefficient (Wildman–Crippen LogP) is 4.91. The molecule has 0 unspecified atom stereocenters. The topological polar surface area (TPSA) is 67.2 Å². The van der Waals surface area contributed by atoms with Gasteiger partial charge in [0, 0.05) is 22.7 Å². The van der Waals surface area contributed by atoms with Crippen molar-refractivity contribution in [1.29, 1.82) is 0 Å². The number of aryl methyl sites for hydroxylation is 1. The van der Waals surface area contributed by atoms with Gasteiger partial charge in [-0.1, -0.05) is 29.4 Å². The van der Waals surface area contributed by atoms with E-state index in [1.165, 1.54) is 16.5 Å². The average Bonchev–Trinajstić information content (AvgIpc) is 3.41. The van der Waals surface area contributed by atoms with E-state index in [2.05, 4.69) is 51.3 Å². The standard InChI is InChI=1S/C24H26N4O2/c1-16-5-3-4-6-19(16)24-26-23(30-27-24)15-28-11-9-17(10-12-28)21-14-25-22-8-7-18(29-2)13-20(21)22/h3-8,13-14,17,25H,9-12,15H2,1-2H3. The maximum Gasteiger partial charge on any atom is 0.241 e. The second kappa shape index (κ2) is 7.95. The van der Waals surface area contributed by atoms with E-state index in [1.807, 2.05) is 24.3 Å². The van der Waals surface area contributed by atoms with Gasteiger partial charge in [0.1, 0.15) is 5.75 Å². The van der Waals surface area contributed by atoms with Crippen molar-refractivity contribution >= 4 is 10.9 Å². The first-order valence-corrected chi connectivity index (χ1v) is 10.5. The van der Waals surface area contributed by atoms with Gasteiger partial charge in [0.2, 0.25) is 11.7 Å². The molecule has 1 aliphatic rings. The van der Waals surface area contributed by atoms with Crippen LogP contribution in [0.3, 0.4) is 0 Å². The Bertz CT molecular complexity index is 1150. The van der Waals surface area contributed by atoms with Crippen LogP contribution in [0, 0.1) is 6.92 Å². The van der Waals surface area contributed by atoms with Crippen LogP contribution in [0.5, 0.6) is 5.75 Å². The fourth-order valence-corrected chi connectivity index (χ4v) is 4.43. The zero-order chi connectivity index (χ0) is 20.5. The monoisotopic (exact) mass is 402 g/mol. The van der Waals surface area contributed by atoms with Crippen molar-refractivity contribution in [3.05, 3.63) is 65.7 Å². The summed E-state index contributed by atoms with van der Waals surface area (Å²) in [6.45, 7) is 4.80. The Morgan fingerprint density at radius 1 is 1.17 bits per heavy atom. The van der Waals surface area contributed by atoms with E-state index in [-0.39, 0.29) is 0 Å². The van der Waals surface area contributed by atoms with Crippen molar-refractivity contribution in [1.82, 2.24) is 20.0 Å². The molecule has 4 aromatic rings. The molecule has 6 heteroatoms. The summed E-state index contributed by atoms with van der Waals surface area (Å²) in [5, 5.41) is 5.46. The minimum atomic E-state index is 0.548. The van der Waals surface area contributed by atoms with E-state index in [0.717, 1.165) is 42.8 Å². The van der Waals surface area contributed by atoms with Crippen LogP contribution in [0.25, 0.3) is 22.3 Å². The maximum absolute atomic E-state index is 5.54. The molecule has 154 valence electrons. The van der Waals surface area contributed by atoms with Crippen molar-refractivity contribution < 1.29 is 9.26 Å². The summed E-state index contributed by atoms with van der Waals surface area (Å²) in [5.74, 6) is 2.81. The highest BCUT2D eigenvalue weighted by atomic mass is 16.5. The normalized spacial score (nSPS) is 15.7. The Balaban J connectivity index is 1.24. The van der Waals surface area contributed by atoms with Crippen molar-refractivity contribution in [2.45, 2.75) is 32.2 Å². The van der Waals surface area contributed by atoms with Gasteiger partial charge in [-0.25, -0.2) is 0 Å². The number of aromatic amines is 1. The number of hydrogen-bond donors (Lipinski definition) is 1. The molecule has 0 saturated carbocycles. The quantitative estimate of drug-likeness (QED) is 0.513. The van der Waals surface area contributed by atoms with Crippen LogP contribution < -0.4 is 4.74 Å². The van der Waals surface area contributed by atoms with Gasteiger partial charge in [-0.05, 0) is 68.1 Å². The van der Waals surface area contributed by atoms with Crippen molar-refractivity contribution in [2.24, 2.45) is 0 Å². The summed E-state index contributed by atoms with van der Waals surface area (Å²) in [7, 11) is 1.72. The van der Waals surface area contributed by atoms with Crippen LogP contribution in [0.1, 0.15) is 35.8 Å². The van der Waals surface area contributed by atoms with Crippen LogP contribution >= 0.6 is 0 Å². The minimum absolute atomic E-state index is 0.548. The maximum atomic E-state index is 5.54. The first-order chi connectivity index (χ1) is 14.7. The van der Waals surface area contributed by atoms with Crippen LogP contribution in [-0.2, 0) is 6.54 Å². The number of rotatable bonds is 5. The molecule has 1 fully saturated rings. The van der Waals surface area contributed by atoms with E-state index in [0.29, 0.717) is 24.2 Å². The molecule has 0 aliphatic carbocycles. The molecule has 3 heterocycles. The van der Waals surface area contributed by atoms with Gasteiger partial charge in [0.25, 0.3) is 0 Å². The molecule has 1 N–H and O–H groups in total. The molecule has 0 spiro atoms. The summed E-state index contributed by atoms with van der Waals surface area (Å²) < 4.78 is 11.0. The third kappa shape index (κ3) is 3.59. The Hall–Kier alpha value is -3.12. The number of nitrogens with zero attached hydrogens (tertiary/aromatic N) is 3. The third-order valence-corrected chi connectivity index (χ3v) is 6.16. The van der Waals surface area contributed by atoms with Gasteiger partial charge in [0.05, 0.1) is 13.7 Å². The largest absolute Gasteiger partial charge is 0.497 e. The number of ether oxygens (including phenoxy) is 1. The molecule has 0 amide bonds. The van der Waals surface area contributed by atoms with Crippen LogP contribution in [0.2, 0.25) is 0 Å². The number of likely N-dealkylation sites (tertiary alicyclic amines) is 1. The first-order valence-electron chi connectivity index (χ1n) is 10.5. The Kier molecular flexibility index (Phi) is 5.01. The van der Waals surface area contributed by atoms with Crippen LogP contribution in [0.15, 0.2) is 53.2 Å². The summed E-state index contributed by atoms with van der Waals surface area (Å²) in [5.41, 5.74) is 4.74. The summed E-state index contributed by atoms with van der Waals surface area (Å²) in [6.07, 6.45) is 4.39. The van der Waals surface area contributed by atoms with Crippen molar-refractivity contribution in [3.63, 3.8) is 0 Å². The van der Waals surface area contributed by atoms with E-state index in [1.54, 1.807) is 7.11 Å². The lowest BCUT2D eigenvalue weighted by molar-refractivity contribution is 0.181. The second-order valence-electron chi connectivity index (χ2n) is 8.03. The Morgan fingerprint density at radius 3 is 2.80 bits per heavy atom. The number of benzene rings is 2.